The molecule has 0 aliphatic carbocycles. The first kappa shape index (κ1) is 20.6. The lowest BCUT2D eigenvalue weighted by atomic mass is 10.0. The number of likely N-dealkylation sites (N-methyl/N-ethyl adjacent to an activating group) is 1. The summed E-state index contributed by atoms with van der Waals surface area (Å²) in [5.74, 6) is 0.737. The molecule has 144 valence electrons. The molecule has 0 amide bonds. The van der Waals surface area contributed by atoms with E-state index in [-0.39, 0.29) is 6.04 Å². The van der Waals surface area contributed by atoms with Crippen LogP contribution in [0.1, 0.15) is 25.1 Å². The molecular weight excluding hydrogens is 340 g/mol. The zero-order chi connectivity index (χ0) is 19.6. The first-order chi connectivity index (χ1) is 13.0. The molecule has 0 saturated carbocycles. The summed E-state index contributed by atoms with van der Waals surface area (Å²) in [7, 11) is 3.46. The van der Waals surface area contributed by atoms with Gasteiger partial charge >= 0.3 is 5.97 Å². The molecule has 6 nitrogen and oxygen atoms in total. The maximum Gasteiger partial charge on any atom is 0.330 e. The van der Waals surface area contributed by atoms with Gasteiger partial charge in [0.25, 0.3) is 0 Å². The molecular formula is C21H28N4O2. The fourth-order valence-electron chi connectivity index (χ4n) is 2.63. The van der Waals surface area contributed by atoms with E-state index >= 15 is 0 Å². The van der Waals surface area contributed by atoms with E-state index in [9.17, 15) is 4.79 Å². The van der Waals surface area contributed by atoms with Crippen LogP contribution in [0.4, 0.5) is 5.82 Å². The van der Waals surface area contributed by atoms with Gasteiger partial charge in [0.15, 0.2) is 0 Å². The van der Waals surface area contributed by atoms with Crippen LogP contribution in [0, 0.1) is 5.92 Å². The number of anilines is 1. The van der Waals surface area contributed by atoms with Gasteiger partial charge in [0.2, 0.25) is 0 Å². The molecule has 6 heteroatoms. The van der Waals surface area contributed by atoms with Gasteiger partial charge in [-0.2, -0.15) is 0 Å². The van der Waals surface area contributed by atoms with Gasteiger partial charge in [-0.05, 0) is 24.6 Å². The second-order valence-corrected chi connectivity index (χ2v) is 6.86. The van der Waals surface area contributed by atoms with E-state index in [0.717, 1.165) is 18.9 Å². The number of carbonyl (C=O) groups excluding carboxylic acids is 1. The number of methoxy groups -OCH3 is 1. The maximum absolute atomic E-state index is 11.1. The van der Waals surface area contributed by atoms with Gasteiger partial charge in [-0.25, -0.2) is 9.78 Å². The van der Waals surface area contributed by atoms with Crippen molar-refractivity contribution in [1.82, 2.24) is 14.9 Å². The zero-order valence-electron chi connectivity index (χ0n) is 16.4. The fraction of sp³-hybridized carbons (Fsp3) is 0.381. The van der Waals surface area contributed by atoms with Gasteiger partial charge in [0.05, 0.1) is 25.2 Å². The van der Waals surface area contributed by atoms with Crippen LogP contribution in [-0.2, 0) is 16.1 Å². The summed E-state index contributed by atoms with van der Waals surface area (Å²) in [6.07, 6.45) is 6.22. The normalized spacial score (nSPS) is 12.5. The summed E-state index contributed by atoms with van der Waals surface area (Å²) in [4.78, 5) is 22.1. The molecule has 0 radical (unpaired) electrons. The summed E-state index contributed by atoms with van der Waals surface area (Å²) in [5.41, 5.74) is 1.90. The van der Waals surface area contributed by atoms with Crippen LogP contribution < -0.4 is 5.32 Å². The molecule has 2 rings (SSSR count). The van der Waals surface area contributed by atoms with Crippen LogP contribution in [0.3, 0.4) is 0 Å². The molecule has 0 aliphatic heterocycles. The van der Waals surface area contributed by atoms with Crippen LogP contribution >= 0.6 is 0 Å². The molecule has 0 saturated heterocycles. The Morgan fingerprint density at radius 1 is 1.22 bits per heavy atom. The van der Waals surface area contributed by atoms with Crippen LogP contribution in [-0.4, -0.2) is 47.6 Å². The van der Waals surface area contributed by atoms with Crippen LogP contribution in [0.2, 0.25) is 0 Å². The Hall–Kier alpha value is -2.73. The van der Waals surface area contributed by atoms with Crippen molar-refractivity contribution in [1.29, 1.82) is 0 Å². The molecule has 0 aliphatic rings. The molecule has 1 aromatic carbocycles. The number of aromatic nitrogens is 2. The topological polar surface area (TPSA) is 67.3 Å². The van der Waals surface area contributed by atoms with Crippen molar-refractivity contribution < 1.29 is 9.53 Å². The number of carbonyl (C=O) groups is 1. The second-order valence-electron chi connectivity index (χ2n) is 6.86. The van der Waals surface area contributed by atoms with Crippen molar-refractivity contribution in [3.05, 3.63) is 60.1 Å². The number of esters is 1. The average Bonchev–Trinajstić information content (AvgIpc) is 2.67. The Morgan fingerprint density at radius 2 is 1.96 bits per heavy atom. The first-order valence-corrected chi connectivity index (χ1v) is 9.05. The van der Waals surface area contributed by atoms with Crippen molar-refractivity contribution in [3.63, 3.8) is 0 Å². The highest BCUT2D eigenvalue weighted by Crippen LogP contribution is 2.13. The molecule has 0 fully saturated rings. The number of hydrogen-bond donors (Lipinski definition) is 1. The van der Waals surface area contributed by atoms with E-state index in [4.69, 9.17) is 0 Å². The summed E-state index contributed by atoms with van der Waals surface area (Å²) < 4.78 is 4.56. The molecule has 0 bridgehead atoms. The van der Waals surface area contributed by atoms with Gasteiger partial charge in [0, 0.05) is 25.2 Å². The van der Waals surface area contributed by atoms with Gasteiger partial charge in [-0.15, -0.1) is 0 Å². The highest BCUT2D eigenvalue weighted by molar-refractivity contribution is 5.86. The largest absolute Gasteiger partial charge is 0.466 e. The van der Waals surface area contributed by atoms with E-state index in [0.29, 0.717) is 11.6 Å². The van der Waals surface area contributed by atoms with Crippen molar-refractivity contribution in [3.8, 4) is 0 Å². The van der Waals surface area contributed by atoms with Gasteiger partial charge in [0.1, 0.15) is 5.82 Å². The number of benzene rings is 1. The lowest BCUT2D eigenvalue weighted by Crippen LogP contribution is -2.38. The Balaban J connectivity index is 1.95. The first-order valence-electron chi connectivity index (χ1n) is 9.05. The van der Waals surface area contributed by atoms with Gasteiger partial charge < -0.3 is 15.0 Å². The van der Waals surface area contributed by atoms with E-state index in [1.54, 1.807) is 18.5 Å². The second kappa shape index (κ2) is 10.4. The van der Waals surface area contributed by atoms with E-state index < -0.39 is 5.97 Å². The Kier molecular flexibility index (Phi) is 7.95. The number of ether oxygens (including phenoxy) is 1. The predicted octanol–water partition coefficient (Wildman–Crippen LogP) is 3.23. The third-order valence-electron chi connectivity index (χ3n) is 4.20. The molecule has 0 unspecified atom stereocenters. The summed E-state index contributed by atoms with van der Waals surface area (Å²) in [6, 6.07) is 10.7. The molecule has 2 aromatic rings. The smallest absolute Gasteiger partial charge is 0.330 e. The quantitative estimate of drug-likeness (QED) is 0.541. The zero-order valence-corrected chi connectivity index (χ0v) is 16.4. The summed E-state index contributed by atoms with van der Waals surface area (Å²) in [5, 5.41) is 3.47. The molecule has 1 N–H and O–H groups in total. The minimum absolute atomic E-state index is 0.240. The average molecular weight is 368 g/mol. The number of hydrogen-bond acceptors (Lipinski definition) is 6. The highest BCUT2D eigenvalue weighted by Gasteiger charge is 2.16. The van der Waals surface area contributed by atoms with Crippen molar-refractivity contribution >= 4 is 17.9 Å². The molecule has 0 spiro atoms. The predicted molar refractivity (Wildman–Crippen MR) is 108 cm³/mol. The molecule has 1 atom stereocenters. The molecule has 1 aromatic heterocycles. The van der Waals surface area contributed by atoms with Crippen LogP contribution in [0.25, 0.3) is 6.08 Å². The lowest BCUT2D eigenvalue weighted by molar-refractivity contribution is -0.134. The van der Waals surface area contributed by atoms with Crippen LogP contribution in [0.15, 0.2) is 48.8 Å². The Labute approximate surface area is 161 Å². The number of rotatable bonds is 9. The summed E-state index contributed by atoms with van der Waals surface area (Å²) >= 11 is 0. The standard InChI is InChI=1S/C21H28N4O2/c1-16(2)19(15-25(3)14-17-8-6-5-7-9-17)24-20-13-22-18(12-23-20)10-11-21(26)27-4/h5-13,16,19H,14-15H2,1-4H3,(H,23,24)/t19-/m0/s1. The number of nitrogens with one attached hydrogen (secondary N) is 1. The Bertz CT molecular complexity index is 730. The van der Waals surface area contributed by atoms with Crippen molar-refractivity contribution in [2.24, 2.45) is 5.92 Å². The maximum atomic E-state index is 11.1. The van der Waals surface area contributed by atoms with E-state index in [1.165, 1.54) is 18.7 Å². The van der Waals surface area contributed by atoms with Gasteiger partial charge in [-0.3, -0.25) is 4.98 Å². The summed E-state index contributed by atoms with van der Waals surface area (Å²) in [6.45, 7) is 6.16. The monoisotopic (exact) mass is 368 g/mol. The van der Waals surface area contributed by atoms with Gasteiger partial charge in [-0.1, -0.05) is 44.2 Å². The SMILES string of the molecule is COC(=O)C=Cc1cnc(N[C@@H](CN(C)Cc2ccccc2)C(C)C)cn1. The lowest BCUT2D eigenvalue weighted by Gasteiger charge is -2.28. The van der Waals surface area contributed by atoms with Crippen molar-refractivity contribution in [2.45, 2.75) is 26.4 Å². The van der Waals surface area contributed by atoms with Crippen LogP contribution in [0.5, 0.6) is 0 Å². The van der Waals surface area contributed by atoms with E-state index in [2.05, 4.69) is 70.1 Å². The van der Waals surface area contributed by atoms with E-state index in [1.807, 2.05) is 6.07 Å². The minimum Gasteiger partial charge on any atom is -0.466 e. The van der Waals surface area contributed by atoms with Crippen molar-refractivity contribution in [2.75, 3.05) is 26.0 Å². The minimum atomic E-state index is -0.416. The third kappa shape index (κ3) is 7.19. The molecule has 27 heavy (non-hydrogen) atoms. The fourth-order valence-corrected chi connectivity index (χ4v) is 2.63. The Morgan fingerprint density at radius 3 is 2.56 bits per heavy atom. The number of nitrogens with zero attached hydrogens (tertiary/aromatic N) is 3. The highest BCUT2D eigenvalue weighted by atomic mass is 16.5. The molecule has 1 heterocycles. The third-order valence-corrected chi connectivity index (χ3v) is 4.20.